The van der Waals surface area contributed by atoms with Gasteiger partial charge in [0, 0.05) is 5.41 Å². The third kappa shape index (κ3) is 5.80. The molecular weight excluding hydrogens is 544 g/mol. The molecule has 0 aromatic heterocycles. The van der Waals surface area contributed by atoms with Crippen LogP contribution in [-0.4, -0.2) is 68.6 Å². The number of allylic oxidation sites excluding steroid dienone is 4. The van der Waals surface area contributed by atoms with Crippen LogP contribution in [0.5, 0.6) is 0 Å². The normalized spacial score (nSPS) is 38.6. The summed E-state index contributed by atoms with van der Waals surface area (Å²) in [6, 6.07) is 0. The maximum Gasteiger partial charge on any atom is 0.338 e. The van der Waals surface area contributed by atoms with Crippen LogP contribution in [0.1, 0.15) is 120 Å². The highest BCUT2D eigenvalue weighted by Crippen LogP contribution is 2.72. The van der Waals surface area contributed by atoms with Crippen LogP contribution < -0.4 is 0 Å². The number of esters is 1. The molecule has 2 unspecified atom stereocenters. The Balaban J connectivity index is 1.53. The maximum absolute atomic E-state index is 12.9. The number of carbonyl (C=O) groups excluding carboxylic acids is 1. The van der Waals surface area contributed by atoms with Crippen LogP contribution in [0, 0.1) is 39.4 Å². The molecule has 0 saturated heterocycles. The summed E-state index contributed by atoms with van der Waals surface area (Å²) in [7, 11) is 0. The molecule has 0 heterocycles. The Kier molecular flexibility index (Phi) is 10.1. The van der Waals surface area contributed by atoms with Gasteiger partial charge in [-0.3, -0.25) is 0 Å². The molecule has 0 aromatic carbocycles. The van der Waals surface area contributed by atoms with Crippen LogP contribution in [0.4, 0.5) is 0 Å². The van der Waals surface area contributed by atoms with Gasteiger partial charge in [0.05, 0.1) is 6.61 Å². The van der Waals surface area contributed by atoms with Crippen molar-refractivity contribution < 1.29 is 35.1 Å². The van der Waals surface area contributed by atoms with Crippen LogP contribution in [-0.2, 0) is 9.53 Å². The van der Waals surface area contributed by atoms with Gasteiger partial charge in [-0.2, -0.15) is 0 Å². The van der Waals surface area contributed by atoms with Gasteiger partial charge in [-0.05, 0) is 112 Å². The SMILES string of the molecule is CC(C)=CCC[C@@H](C)[C@H]1CC[C@@]2(C)C3=C(CC[C@@]12C)[C@@]1(C)CCC(OC(=O)[C@H](O)[C@@H](O)[C@H](O)[C@H](O)CO)C(C)(C)C1CC3. The first-order valence-electron chi connectivity index (χ1n) is 16.9. The van der Waals surface area contributed by atoms with E-state index in [0.717, 1.165) is 31.6 Å². The Morgan fingerprint density at radius 2 is 1.60 bits per heavy atom. The van der Waals surface area contributed by atoms with E-state index in [-0.39, 0.29) is 16.2 Å². The van der Waals surface area contributed by atoms with E-state index in [1.807, 2.05) is 0 Å². The summed E-state index contributed by atoms with van der Waals surface area (Å²) < 4.78 is 5.85. The Labute approximate surface area is 259 Å². The average Bonchev–Trinajstić information content (AvgIpc) is 3.23. The molecule has 11 atom stereocenters. The molecule has 4 rings (SSSR count). The van der Waals surface area contributed by atoms with E-state index >= 15 is 0 Å². The molecule has 0 bridgehead atoms. The Morgan fingerprint density at radius 3 is 2.23 bits per heavy atom. The fourth-order valence-corrected chi connectivity index (χ4v) is 10.5. The molecule has 0 radical (unpaired) electrons. The van der Waals surface area contributed by atoms with Crippen molar-refractivity contribution >= 4 is 5.97 Å². The van der Waals surface area contributed by atoms with Crippen molar-refractivity contribution in [1.29, 1.82) is 0 Å². The third-order valence-electron chi connectivity index (χ3n) is 13.4. The molecule has 0 aliphatic heterocycles. The lowest BCUT2D eigenvalue weighted by atomic mass is 9.43. The summed E-state index contributed by atoms with van der Waals surface area (Å²) in [5.41, 5.74) is 5.00. The van der Waals surface area contributed by atoms with Gasteiger partial charge in [0.25, 0.3) is 0 Å². The van der Waals surface area contributed by atoms with E-state index in [0.29, 0.717) is 23.7 Å². The van der Waals surface area contributed by atoms with E-state index in [9.17, 15) is 25.2 Å². The molecule has 0 spiro atoms. The van der Waals surface area contributed by atoms with Gasteiger partial charge in [-0.15, -0.1) is 0 Å². The number of ether oxygens (including phenoxy) is 1. The number of aliphatic hydroxyl groups excluding tert-OH is 5. The fraction of sp³-hybridized carbons (Fsp3) is 0.861. The predicted molar refractivity (Wildman–Crippen MR) is 168 cm³/mol. The highest BCUT2D eigenvalue weighted by atomic mass is 16.6. The lowest BCUT2D eigenvalue weighted by Gasteiger charge is -2.62. The molecule has 7 nitrogen and oxygen atoms in total. The van der Waals surface area contributed by atoms with Gasteiger partial charge in [0.1, 0.15) is 24.4 Å². The first-order valence-corrected chi connectivity index (χ1v) is 16.9. The van der Waals surface area contributed by atoms with Crippen molar-refractivity contribution in [3.05, 3.63) is 22.8 Å². The van der Waals surface area contributed by atoms with Crippen molar-refractivity contribution in [3.63, 3.8) is 0 Å². The van der Waals surface area contributed by atoms with E-state index in [1.54, 1.807) is 11.1 Å². The quantitative estimate of drug-likeness (QED) is 0.165. The summed E-state index contributed by atoms with van der Waals surface area (Å²) in [6.07, 6.45) is 5.48. The summed E-state index contributed by atoms with van der Waals surface area (Å²) >= 11 is 0. The van der Waals surface area contributed by atoms with E-state index in [1.165, 1.54) is 37.7 Å². The van der Waals surface area contributed by atoms with Crippen molar-refractivity contribution in [2.45, 2.75) is 150 Å². The minimum atomic E-state index is -2.02. The second-order valence-corrected chi connectivity index (χ2v) is 16.2. The van der Waals surface area contributed by atoms with Crippen LogP contribution in [0.3, 0.4) is 0 Å². The minimum absolute atomic E-state index is 0.0248. The van der Waals surface area contributed by atoms with E-state index < -0.39 is 43.1 Å². The molecule has 4 aliphatic rings. The Bertz CT molecular complexity index is 1090. The lowest BCUT2D eigenvalue weighted by Crippen LogP contribution is -2.57. The van der Waals surface area contributed by atoms with Gasteiger partial charge in [0.2, 0.25) is 0 Å². The van der Waals surface area contributed by atoms with Crippen molar-refractivity contribution in [2.24, 2.45) is 39.4 Å². The molecule has 2 fully saturated rings. The van der Waals surface area contributed by atoms with Gasteiger partial charge >= 0.3 is 5.97 Å². The van der Waals surface area contributed by atoms with Crippen LogP contribution in [0.2, 0.25) is 0 Å². The highest BCUT2D eigenvalue weighted by molar-refractivity contribution is 5.75. The second kappa shape index (κ2) is 12.5. The number of aliphatic hydroxyl groups is 5. The van der Waals surface area contributed by atoms with Crippen LogP contribution in [0.25, 0.3) is 0 Å². The topological polar surface area (TPSA) is 127 Å². The predicted octanol–water partition coefficient (Wildman–Crippen LogP) is 5.47. The maximum atomic E-state index is 12.9. The number of hydrogen-bond donors (Lipinski definition) is 5. The average molecular weight is 605 g/mol. The Hall–Kier alpha value is -1.25. The van der Waals surface area contributed by atoms with Crippen molar-refractivity contribution in [1.82, 2.24) is 0 Å². The van der Waals surface area contributed by atoms with Gasteiger partial charge in [0.15, 0.2) is 6.10 Å². The molecule has 4 aliphatic carbocycles. The minimum Gasteiger partial charge on any atom is -0.460 e. The molecule has 5 N–H and O–H groups in total. The summed E-state index contributed by atoms with van der Waals surface area (Å²) in [4.78, 5) is 12.9. The monoisotopic (exact) mass is 604 g/mol. The lowest BCUT2D eigenvalue weighted by molar-refractivity contribution is -0.190. The molecule has 7 heteroatoms. The van der Waals surface area contributed by atoms with Gasteiger partial charge in [-0.25, -0.2) is 4.79 Å². The standard InChI is InChI=1S/C36H60O7/c1-21(2)10-9-11-22(3)23-14-18-36(8)25-12-13-27-33(4,5)28(16-17-34(27,6)24(25)15-19-35(23,36)7)43-32(42)31(41)30(40)29(39)26(38)20-37/h10,22-23,26-31,37-41H,9,11-20H2,1-8H3/t22-,23-,26-,27?,28?,29-,30+,31-,34-,35+,36+/m1/s1. The number of rotatable bonds is 10. The van der Waals surface area contributed by atoms with Gasteiger partial charge < -0.3 is 30.3 Å². The van der Waals surface area contributed by atoms with Gasteiger partial charge in [-0.1, -0.05) is 64.3 Å². The zero-order chi connectivity index (χ0) is 32.1. The number of carbonyl (C=O) groups is 1. The van der Waals surface area contributed by atoms with E-state index in [2.05, 4.69) is 61.5 Å². The largest absolute Gasteiger partial charge is 0.460 e. The summed E-state index contributed by atoms with van der Waals surface area (Å²) in [5, 5.41) is 49.3. The second-order valence-electron chi connectivity index (χ2n) is 16.2. The third-order valence-corrected chi connectivity index (χ3v) is 13.4. The Morgan fingerprint density at radius 1 is 0.930 bits per heavy atom. The zero-order valence-electron chi connectivity index (χ0n) is 28.0. The van der Waals surface area contributed by atoms with Crippen molar-refractivity contribution in [2.75, 3.05) is 6.61 Å². The number of fused-ring (bicyclic) bond motifs is 4. The highest BCUT2D eigenvalue weighted by Gasteiger charge is 2.63. The van der Waals surface area contributed by atoms with Crippen LogP contribution >= 0.6 is 0 Å². The molecule has 0 amide bonds. The summed E-state index contributed by atoms with van der Waals surface area (Å²) in [5.74, 6) is 0.753. The smallest absolute Gasteiger partial charge is 0.338 e. The van der Waals surface area contributed by atoms with E-state index in [4.69, 9.17) is 9.84 Å². The molecule has 0 aromatic rings. The first kappa shape index (κ1) is 34.6. The number of hydrogen-bond acceptors (Lipinski definition) is 7. The first-order chi connectivity index (χ1) is 20.0. The molecule has 2 saturated carbocycles. The zero-order valence-corrected chi connectivity index (χ0v) is 28.0. The van der Waals surface area contributed by atoms with Crippen molar-refractivity contribution in [3.8, 4) is 0 Å². The fourth-order valence-electron chi connectivity index (χ4n) is 10.5. The molecular formula is C36H60O7. The molecule has 246 valence electrons. The molecule has 43 heavy (non-hydrogen) atoms. The van der Waals surface area contributed by atoms with Crippen LogP contribution in [0.15, 0.2) is 22.8 Å². The summed E-state index contributed by atoms with van der Waals surface area (Å²) in [6.45, 7) is 18.0.